The van der Waals surface area contributed by atoms with E-state index >= 15 is 0 Å². The number of ether oxygens (including phenoxy) is 1. The van der Waals surface area contributed by atoms with E-state index in [0.717, 1.165) is 17.3 Å². The summed E-state index contributed by atoms with van der Waals surface area (Å²) >= 11 is 0. The lowest BCUT2D eigenvalue weighted by Crippen LogP contribution is -2.06. The Morgan fingerprint density at radius 3 is 2.52 bits per heavy atom. The van der Waals surface area contributed by atoms with Gasteiger partial charge in [0.25, 0.3) is 0 Å². The van der Waals surface area contributed by atoms with Crippen molar-refractivity contribution in [1.82, 2.24) is 0 Å². The summed E-state index contributed by atoms with van der Waals surface area (Å²) < 4.78 is 11.4. The van der Waals surface area contributed by atoms with Crippen LogP contribution >= 0.6 is 0 Å². The van der Waals surface area contributed by atoms with Gasteiger partial charge < -0.3 is 9.15 Å². The fourth-order valence-corrected chi connectivity index (χ4v) is 2.57. The summed E-state index contributed by atoms with van der Waals surface area (Å²) in [5.41, 5.74) is 2.58. The highest BCUT2D eigenvalue weighted by Gasteiger charge is 2.21. The number of hydrogen-bond donors (Lipinski definition) is 0. The van der Waals surface area contributed by atoms with E-state index in [2.05, 4.69) is 45.5 Å². The van der Waals surface area contributed by atoms with Crippen molar-refractivity contribution in [2.24, 2.45) is 0 Å². The van der Waals surface area contributed by atoms with Crippen LogP contribution in [0.1, 0.15) is 48.3 Å². The molecule has 0 fully saturated rings. The van der Waals surface area contributed by atoms with E-state index in [1.807, 2.05) is 19.1 Å². The summed E-state index contributed by atoms with van der Waals surface area (Å²) in [5.74, 6) is 3.58. The Morgan fingerprint density at radius 1 is 1.14 bits per heavy atom. The Bertz CT molecular complexity index is 610. The van der Waals surface area contributed by atoms with Crippen LogP contribution in [0.4, 0.5) is 0 Å². The van der Waals surface area contributed by atoms with Gasteiger partial charge in [0, 0.05) is 5.92 Å². The second-order valence-corrected chi connectivity index (χ2v) is 5.64. The SMILES string of the molecule is C=CCOc1ccc(C)c(C(C)C(C)c2ccc(C)o2)c1. The van der Waals surface area contributed by atoms with E-state index in [9.17, 15) is 0 Å². The van der Waals surface area contributed by atoms with Crippen molar-refractivity contribution in [3.63, 3.8) is 0 Å². The van der Waals surface area contributed by atoms with Gasteiger partial charge in [0.1, 0.15) is 23.9 Å². The molecule has 0 amide bonds. The van der Waals surface area contributed by atoms with Gasteiger partial charge in [0.15, 0.2) is 0 Å². The average Bonchev–Trinajstić information content (AvgIpc) is 2.91. The van der Waals surface area contributed by atoms with Gasteiger partial charge in [-0.3, -0.25) is 0 Å². The van der Waals surface area contributed by atoms with Crippen molar-refractivity contribution in [3.8, 4) is 5.75 Å². The van der Waals surface area contributed by atoms with Gasteiger partial charge in [-0.25, -0.2) is 0 Å². The largest absolute Gasteiger partial charge is 0.490 e. The lowest BCUT2D eigenvalue weighted by atomic mass is 9.85. The minimum absolute atomic E-state index is 0.326. The van der Waals surface area contributed by atoms with Crippen LogP contribution in [-0.2, 0) is 0 Å². The molecule has 0 aliphatic carbocycles. The quantitative estimate of drug-likeness (QED) is 0.665. The second kappa shape index (κ2) is 6.66. The number of hydrogen-bond acceptors (Lipinski definition) is 2. The van der Waals surface area contributed by atoms with Crippen LogP contribution in [0, 0.1) is 13.8 Å². The van der Waals surface area contributed by atoms with Crippen molar-refractivity contribution in [2.45, 2.75) is 39.5 Å². The monoisotopic (exact) mass is 284 g/mol. The van der Waals surface area contributed by atoms with E-state index in [-0.39, 0.29) is 0 Å². The molecular weight excluding hydrogens is 260 g/mol. The van der Waals surface area contributed by atoms with Crippen molar-refractivity contribution >= 4 is 0 Å². The van der Waals surface area contributed by atoms with E-state index in [0.29, 0.717) is 18.4 Å². The lowest BCUT2D eigenvalue weighted by Gasteiger charge is -2.21. The van der Waals surface area contributed by atoms with Gasteiger partial charge in [-0.05, 0) is 55.2 Å². The maximum atomic E-state index is 5.78. The zero-order chi connectivity index (χ0) is 15.4. The summed E-state index contributed by atoms with van der Waals surface area (Å²) in [6, 6.07) is 10.4. The van der Waals surface area contributed by atoms with Gasteiger partial charge >= 0.3 is 0 Å². The highest BCUT2D eigenvalue weighted by Crippen LogP contribution is 2.36. The molecule has 2 aromatic rings. The smallest absolute Gasteiger partial charge is 0.120 e. The van der Waals surface area contributed by atoms with Crippen molar-refractivity contribution < 1.29 is 9.15 Å². The molecular formula is C19H24O2. The molecule has 21 heavy (non-hydrogen) atoms. The van der Waals surface area contributed by atoms with E-state index in [1.165, 1.54) is 11.1 Å². The minimum Gasteiger partial charge on any atom is -0.490 e. The van der Waals surface area contributed by atoms with Crippen molar-refractivity contribution in [1.29, 1.82) is 0 Å². The Kier molecular flexibility index (Phi) is 4.89. The van der Waals surface area contributed by atoms with Crippen LogP contribution in [0.25, 0.3) is 0 Å². The van der Waals surface area contributed by atoms with Crippen LogP contribution in [0.5, 0.6) is 5.75 Å². The molecule has 0 N–H and O–H groups in total. The predicted molar refractivity (Wildman–Crippen MR) is 87.1 cm³/mol. The van der Waals surface area contributed by atoms with Gasteiger partial charge in [-0.2, -0.15) is 0 Å². The summed E-state index contributed by atoms with van der Waals surface area (Å²) in [5, 5.41) is 0. The third kappa shape index (κ3) is 3.57. The second-order valence-electron chi connectivity index (χ2n) is 5.64. The van der Waals surface area contributed by atoms with Crippen molar-refractivity contribution in [2.75, 3.05) is 6.61 Å². The molecule has 2 rings (SSSR count). The minimum atomic E-state index is 0.326. The zero-order valence-electron chi connectivity index (χ0n) is 13.3. The number of aryl methyl sites for hydroxylation is 2. The Labute approximate surface area is 127 Å². The molecule has 0 radical (unpaired) electrons. The Hall–Kier alpha value is -1.96. The van der Waals surface area contributed by atoms with Gasteiger partial charge in [-0.1, -0.05) is 32.6 Å². The Morgan fingerprint density at radius 2 is 1.90 bits per heavy atom. The lowest BCUT2D eigenvalue weighted by molar-refractivity contribution is 0.362. The topological polar surface area (TPSA) is 22.4 Å². The van der Waals surface area contributed by atoms with Gasteiger partial charge in [0.2, 0.25) is 0 Å². The molecule has 2 atom stereocenters. The van der Waals surface area contributed by atoms with Crippen LogP contribution in [0.15, 0.2) is 47.4 Å². The Balaban J connectivity index is 2.24. The fourth-order valence-electron chi connectivity index (χ4n) is 2.57. The first kappa shape index (κ1) is 15.4. The molecule has 0 saturated heterocycles. The van der Waals surface area contributed by atoms with Crippen LogP contribution in [-0.4, -0.2) is 6.61 Å². The molecule has 1 aromatic carbocycles. The summed E-state index contributed by atoms with van der Waals surface area (Å²) in [7, 11) is 0. The zero-order valence-corrected chi connectivity index (χ0v) is 13.3. The van der Waals surface area contributed by atoms with Gasteiger partial charge in [0.05, 0.1) is 0 Å². The number of rotatable bonds is 6. The summed E-state index contributed by atoms with van der Waals surface area (Å²) in [6.45, 7) is 12.8. The van der Waals surface area contributed by atoms with Crippen LogP contribution in [0.2, 0.25) is 0 Å². The molecule has 1 aromatic heterocycles. The third-order valence-corrected chi connectivity index (χ3v) is 4.07. The summed E-state index contributed by atoms with van der Waals surface area (Å²) in [4.78, 5) is 0. The molecule has 2 nitrogen and oxygen atoms in total. The fraction of sp³-hybridized carbons (Fsp3) is 0.368. The molecule has 2 unspecified atom stereocenters. The number of furan rings is 1. The maximum Gasteiger partial charge on any atom is 0.120 e. The summed E-state index contributed by atoms with van der Waals surface area (Å²) in [6.07, 6.45) is 1.76. The highest BCUT2D eigenvalue weighted by molar-refractivity contribution is 5.38. The van der Waals surface area contributed by atoms with Crippen LogP contribution in [0.3, 0.4) is 0 Å². The standard InChI is InChI=1S/C19H24O2/c1-6-11-20-17-9-7-13(2)18(12-17)15(4)16(5)19-10-8-14(3)21-19/h6-10,12,15-16H,1,11H2,2-5H3. The molecule has 0 spiro atoms. The van der Waals surface area contributed by atoms with Crippen LogP contribution < -0.4 is 4.74 Å². The highest BCUT2D eigenvalue weighted by atomic mass is 16.5. The molecule has 0 aliphatic heterocycles. The predicted octanol–water partition coefficient (Wildman–Crippen LogP) is 5.37. The average molecular weight is 284 g/mol. The van der Waals surface area contributed by atoms with Crippen molar-refractivity contribution in [3.05, 3.63) is 65.6 Å². The first-order valence-corrected chi connectivity index (χ1v) is 7.43. The number of benzene rings is 1. The van der Waals surface area contributed by atoms with E-state index in [1.54, 1.807) is 6.08 Å². The molecule has 0 aliphatic rings. The normalized spacial score (nSPS) is 13.7. The van der Waals surface area contributed by atoms with E-state index in [4.69, 9.17) is 9.15 Å². The molecule has 2 heteroatoms. The molecule has 112 valence electrons. The van der Waals surface area contributed by atoms with E-state index < -0.39 is 0 Å². The molecule has 0 bridgehead atoms. The first-order valence-electron chi connectivity index (χ1n) is 7.43. The maximum absolute atomic E-state index is 5.78. The molecule has 0 saturated carbocycles. The first-order chi connectivity index (χ1) is 10.0. The van der Waals surface area contributed by atoms with Gasteiger partial charge in [-0.15, -0.1) is 0 Å². The third-order valence-electron chi connectivity index (χ3n) is 4.07. The molecule has 1 heterocycles.